The third-order valence-corrected chi connectivity index (χ3v) is 3.85. The first-order valence-electron chi connectivity index (χ1n) is 7.52. The van der Waals surface area contributed by atoms with Gasteiger partial charge in [0.15, 0.2) is 0 Å². The summed E-state index contributed by atoms with van der Waals surface area (Å²) in [4.78, 5) is 8.55. The number of nitrogen functional groups attached to an aromatic ring is 1. The SMILES string of the molecule is Cn1cncc1C#Cc1ccn2c(-c3cccc(N)c3)cnc2c1. The first-order valence-corrected chi connectivity index (χ1v) is 7.52. The van der Waals surface area contributed by atoms with Crippen molar-refractivity contribution in [2.24, 2.45) is 7.05 Å². The molecule has 2 N–H and O–H groups in total. The van der Waals surface area contributed by atoms with Crippen LogP contribution in [0.15, 0.2) is 61.3 Å². The van der Waals surface area contributed by atoms with Crippen LogP contribution in [0.25, 0.3) is 16.9 Å². The normalized spacial score (nSPS) is 10.5. The van der Waals surface area contributed by atoms with Gasteiger partial charge in [0, 0.05) is 30.1 Å². The Hall–Kier alpha value is -3.52. The molecule has 0 aliphatic rings. The highest BCUT2D eigenvalue weighted by Crippen LogP contribution is 2.23. The standard InChI is InChI=1S/C19H15N5/c1-23-13-21-11-17(23)6-5-14-7-8-24-18(12-22-19(24)9-14)15-3-2-4-16(20)10-15/h2-4,7-13H,20H2,1H3. The lowest BCUT2D eigenvalue weighted by Crippen LogP contribution is -1.91. The molecule has 0 spiro atoms. The van der Waals surface area contributed by atoms with Crippen molar-refractivity contribution >= 4 is 11.3 Å². The zero-order chi connectivity index (χ0) is 16.5. The molecule has 0 aliphatic carbocycles. The quantitative estimate of drug-likeness (QED) is 0.434. The Bertz CT molecular complexity index is 1090. The van der Waals surface area contributed by atoms with Crippen molar-refractivity contribution in [1.29, 1.82) is 0 Å². The van der Waals surface area contributed by atoms with Crippen molar-refractivity contribution in [3.05, 3.63) is 72.6 Å². The van der Waals surface area contributed by atoms with Gasteiger partial charge in [-0.25, -0.2) is 9.97 Å². The molecule has 5 heteroatoms. The van der Waals surface area contributed by atoms with Crippen LogP contribution in [0.2, 0.25) is 0 Å². The fourth-order valence-corrected chi connectivity index (χ4v) is 2.58. The Morgan fingerprint density at radius 2 is 2.00 bits per heavy atom. The van der Waals surface area contributed by atoms with Crippen molar-refractivity contribution in [3.8, 4) is 23.1 Å². The van der Waals surface area contributed by atoms with E-state index in [1.807, 2.05) is 64.8 Å². The predicted octanol–water partition coefficient (Wildman–Crippen LogP) is 2.72. The average Bonchev–Trinajstić information content (AvgIpc) is 3.18. The minimum Gasteiger partial charge on any atom is -0.399 e. The van der Waals surface area contributed by atoms with Gasteiger partial charge in [0.05, 0.1) is 24.4 Å². The minimum atomic E-state index is 0.737. The van der Waals surface area contributed by atoms with E-state index in [2.05, 4.69) is 21.8 Å². The molecule has 0 saturated heterocycles. The van der Waals surface area contributed by atoms with E-state index in [1.165, 1.54) is 0 Å². The lowest BCUT2D eigenvalue weighted by atomic mass is 10.1. The van der Waals surface area contributed by atoms with Gasteiger partial charge in [-0.15, -0.1) is 0 Å². The Morgan fingerprint density at radius 1 is 1.08 bits per heavy atom. The summed E-state index contributed by atoms with van der Waals surface area (Å²) in [6.45, 7) is 0. The summed E-state index contributed by atoms with van der Waals surface area (Å²) < 4.78 is 3.92. The third-order valence-electron chi connectivity index (χ3n) is 3.85. The van der Waals surface area contributed by atoms with E-state index in [0.717, 1.165) is 33.8 Å². The Labute approximate surface area is 139 Å². The fourth-order valence-electron chi connectivity index (χ4n) is 2.58. The van der Waals surface area contributed by atoms with E-state index in [0.29, 0.717) is 0 Å². The highest BCUT2D eigenvalue weighted by atomic mass is 15.0. The Kier molecular flexibility index (Phi) is 3.29. The molecule has 3 aromatic heterocycles. The van der Waals surface area contributed by atoms with Crippen molar-refractivity contribution in [1.82, 2.24) is 18.9 Å². The van der Waals surface area contributed by atoms with Gasteiger partial charge in [-0.3, -0.25) is 4.40 Å². The van der Waals surface area contributed by atoms with E-state index >= 15 is 0 Å². The molecule has 0 fully saturated rings. The number of benzene rings is 1. The van der Waals surface area contributed by atoms with E-state index in [9.17, 15) is 0 Å². The second kappa shape index (κ2) is 5.60. The van der Waals surface area contributed by atoms with Gasteiger partial charge in [-0.1, -0.05) is 18.1 Å². The van der Waals surface area contributed by atoms with Crippen molar-refractivity contribution in [3.63, 3.8) is 0 Å². The maximum Gasteiger partial charge on any atom is 0.138 e. The van der Waals surface area contributed by atoms with E-state index in [-0.39, 0.29) is 0 Å². The number of aromatic nitrogens is 4. The molecule has 0 amide bonds. The van der Waals surface area contributed by atoms with Crippen LogP contribution in [0.3, 0.4) is 0 Å². The number of hydrogen-bond acceptors (Lipinski definition) is 3. The molecule has 1 aromatic carbocycles. The van der Waals surface area contributed by atoms with Crippen molar-refractivity contribution < 1.29 is 0 Å². The zero-order valence-corrected chi connectivity index (χ0v) is 13.1. The van der Waals surface area contributed by atoms with Crippen molar-refractivity contribution in [2.75, 3.05) is 5.73 Å². The summed E-state index contributed by atoms with van der Waals surface area (Å²) in [6, 6.07) is 11.7. The average molecular weight is 313 g/mol. The van der Waals surface area contributed by atoms with Crippen LogP contribution in [0.1, 0.15) is 11.3 Å². The number of imidazole rings is 2. The summed E-state index contributed by atoms with van der Waals surface area (Å²) in [5, 5.41) is 0. The molecule has 4 rings (SSSR count). The number of nitrogens with zero attached hydrogens (tertiary/aromatic N) is 4. The molecular formula is C19H15N5. The zero-order valence-electron chi connectivity index (χ0n) is 13.1. The minimum absolute atomic E-state index is 0.737. The second-order valence-electron chi connectivity index (χ2n) is 5.55. The van der Waals surface area contributed by atoms with Gasteiger partial charge in [0.25, 0.3) is 0 Å². The molecule has 24 heavy (non-hydrogen) atoms. The Morgan fingerprint density at radius 3 is 2.79 bits per heavy atom. The van der Waals surface area contributed by atoms with Gasteiger partial charge in [-0.05, 0) is 30.2 Å². The monoisotopic (exact) mass is 313 g/mol. The van der Waals surface area contributed by atoms with Gasteiger partial charge >= 0.3 is 0 Å². The van der Waals surface area contributed by atoms with E-state index in [4.69, 9.17) is 5.73 Å². The molecule has 5 nitrogen and oxygen atoms in total. The van der Waals surface area contributed by atoms with Crippen LogP contribution in [-0.4, -0.2) is 18.9 Å². The number of nitrogens with two attached hydrogens (primary N) is 1. The van der Waals surface area contributed by atoms with Crippen LogP contribution in [0.5, 0.6) is 0 Å². The Balaban J connectivity index is 1.73. The maximum atomic E-state index is 5.88. The second-order valence-corrected chi connectivity index (χ2v) is 5.55. The number of pyridine rings is 1. The smallest absolute Gasteiger partial charge is 0.138 e. The third kappa shape index (κ3) is 2.50. The summed E-state index contributed by atoms with van der Waals surface area (Å²) in [5.41, 5.74) is 11.3. The molecule has 0 aliphatic heterocycles. The maximum absolute atomic E-state index is 5.88. The number of anilines is 1. The number of aryl methyl sites for hydroxylation is 1. The van der Waals surface area contributed by atoms with Crippen LogP contribution in [0, 0.1) is 11.8 Å². The van der Waals surface area contributed by atoms with Crippen LogP contribution < -0.4 is 5.73 Å². The highest BCUT2D eigenvalue weighted by molar-refractivity contribution is 5.67. The summed E-state index contributed by atoms with van der Waals surface area (Å²) >= 11 is 0. The topological polar surface area (TPSA) is 61.1 Å². The first kappa shape index (κ1) is 14.1. The molecule has 4 aromatic rings. The molecule has 0 saturated carbocycles. The fraction of sp³-hybridized carbons (Fsp3) is 0.0526. The number of fused-ring (bicyclic) bond motifs is 1. The van der Waals surface area contributed by atoms with Crippen molar-refractivity contribution in [2.45, 2.75) is 0 Å². The van der Waals surface area contributed by atoms with Crippen LogP contribution in [0.4, 0.5) is 5.69 Å². The largest absolute Gasteiger partial charge is 0.399 e. The highest BCUT2D eigenvalue weighted by Gasteiger charge is 2.06. The molecule has 3 heterocycles. The molecule has 0 atom stereocenters. The van der Waals surface area contributed by atoms with Gasteiger partial charge < -0.3 is 10.3 Å². The lowest BCUT2D eigenvalue weighted by molar-refractivity contribution is 0.899. The lowest BCUT2D eigenvalue weighted by Gasteiger charge is -2.03. The summed E-state index contributed by atoms with van der Waals surface area (Å²) in [5.74, 6) is 6.27. The molecule has 116 valence electrons. The van der Waals surface area contributed by atoms with Crippen LogP contribution in [-0.2, 0) is 7.05 Å². The van der Waals surface area contributed by atoms with Gasteiger partial charge in [0.1, 0.15) is 11.3 Å². The van der Waals surface area contributed by atoms with Gasteiger partial charge in [-0.2, -0.15) is 0 Å². The van der Waals surface area contributed by atoms with E-state index in [1.54, 1.807) is 12.5 Å². The molecule has 0 radical (unpaired) electrons. The first-order chi connectivity index (χ1) is 11.7. The van der Waals surface area contributed by atoms with Gasteiger partial charge in [0.2, 0.25) is 0 Å². The molecular weight excluding hydrogens is 298 g/mol. The summed E-state index contributed by atoms with van der Waals surface area (Å²) in [6.07, 6.45) is 7.31. The number of rotatable bonds is 1. The van der Waals surface area contributed by atoms with E-state index < -0.39 is 0 Å². The number of hydrogen-bond donors (Lipinski definition) is 1. The summed E-state index contributed by atoms with van der Waals surface area (Å²) in [7, 11) is 1.92. The molecule has 0 unspecified atom stereocenters. The molecule has 0 bridgehead atoms. The van der Waals surface area contributed by atoms with Crippen LogP contribution >= 0.6 is 0 Å². The predicted molar refractivity (Wildman–Crippen MR) is 94.2 cm³/mol.